The number of amides is 1. The number of aromatic nitrogens is 3. The molecule has 2 aromatic carbocycles. The van der Waals surface area contributed by atoms with E-state index in [1.165, 1.54) is 0 Å². The fourth-order valence-electron chi connectivity index (χ4n) is 5.57. The van der Waals surface area contributed by atoms with Crippen LogP contribution >= 0.6 is 0 Å². The fraction of sp³-hybridized carbons (Fsp3) is 0.464. The molecule has 1 aliphatic rings. The van der Waals surface area contributed by atoms with E-state index in [1.807, 2.05) is 37.5 Å². The first-order valence-corrected chi connectivity index (χ1v) is 16.3. The molecule has 0 saturated carbocycles. The first-order chi connectivity index (χ1) is 18.1. The molecule has 1 amide bonds. The molecule has 4 rings (SSSR count). The Morgan fingerprint density at radius 1 is 1.13 bits per heavy atom. The topological polar surface area (TPSA) is 136 Å². The van der Waals surface area contributed by atoms with Crippen LogP contribution in [-0.2, 0) is 24.1 Å². The molecular weight excluding hydrogens is 498 g/mol. The number of hydrogen-bond donors (Lipinski definition) is 4. The van der Waals surface area contributed by atoms with Crippen molar-refractivity contribution >= 4 is 25.6 Å². The summed E-state index contributed by atoms with van der Waals surface area (Å²) in [6.07, 6.45) is 4.73. The molecule has 0 bridgehead atoms. The third-order valence-electron chi connectivity index (χ3n) is 7.39. The number of rotatable bonds is 11. The van der Waals surface area contributed by atoms with Crippen molar-refractivity contribution in [3.05, 3.63) is 71.5 Å². The number of hydrogen-bond acceptors (Lipinski definition) is 7. The molecule has 1 aromatic heterocycles. The lowest BCUT2D eigenvalue weighted by atomic mass is 9.95. The Morgan fingerprint density at radius 3 is 2.61 bits per heavy atom. The van der Waals surface area contributed by atoms with E-state index in [0.29, 0.717) is 24.2 Å². The average molecular weight is 538 g/mol. The van der Waals surface area contributed by atoms with Gasteiger partial charge in [0.2, 0.25) is 0 Å². The lowest BCUT2D eigenvalue weighted by Crippen LogP contribution is -2.40. The Balaban J connectivity index is 1.36. The highest BCUT2D eigenvalue weighted by Gasteiger charge is 2.49. The summed E-state index contributed by atoms with van der Waals surface area (Å²) in [4.78, 5) is 23.7. The third kappa shape index (κ3) is 7.07. The van der Waals surface area contributed by atoms with Crippen LogP contribution in [0.2, 0.25) is 18.6 Å². The van der Waals surface area contributed by atoms with Crippen LogP contribution in [-0.4, -0.2) is 57.9 Å². The predicted molar refractivity (Wildman–Crippen MR) is 150 cm³/mol. The van der Waals surface area contributed by atoms with Crippen molar-refractivity contribution in [2.45, 2.75) is 70.0 Å². The molecule has 0 spiro atoms. The Bertz CT molecular complexity index is 1210. The summed E-state index contributed by atoms with van der Waals surface area (Å²) in [7, 11) is -2.47. The van der Waals surface area contributed by atoms with Gasteiger partial charge in [-0.1, -0.05) is 24.3 Å². The van der Waals surface area contributed by atoms with Gasteiger partial charge >= 0.3 is 0 Å². The molecular formula is C28H39N5O4Si. The van der Waals surface area contributed by atoms with Crippen LogP contribution in [0.15, 0.2) is 54.7 Å². The first kappa shape index (κ1) is 28.0. The van der Waals surface area contributed by atoms with Gasteiger partial charge in [-0.2, -0.15) is 0 Å². The average Bonchev–Trinajstić information content (AvgIpc) is 3.45. The second-order valence-electron chi connectivity index (χ2n) is 10.8. The molecule has 4 atom stereocenters. The molecule has 204 valence electrons. The maximum atomic E-state index is 12.6. The number of carbonyl (C=O) groups is 1. The zero-order valence-electron chi connectivity index (χ0n) is 22.4. The normalized spacial score (nSPS) is 21.5. The number of nitrogens with zero attached hydrogens (tertiary/aromatic N) is 3. The second-order valence-corrected chi connectivity index (χ2v) is 14.8. The summed E-state index contributed by atoms with van der Waals surface area (Å²) in [6.45, 7) is 6.88. The maximum Gasteiger partial charge on any atom is 0.255 e. The number of aliphatic hydroxyl groups is 1. The van der Waals surface area contributed by atoms with E-state index >= 15 is 0 Å². The predicted octanol–water partition coefficient (Wildman–Crippen LogP) is 3.64. The molecule has 0 radical (unpaired) electrons. The highest BCUT2D eigenvalue weighted by Crippen LogP contribution is 2.45. The van der Waals surface area contributed by atoms with Crippen molar-refractivity contribution in [1.29, 1.82) is 0 Å². The van der Waals surface area contributed by atoms with Crippen LogP contribution in [0.3, 0.4) is 0 Å². The molecule has 1 fully saturated rings. The summed E-state index contributed by atoms with van der Waals surface area (Å²) in [6, 6.07) is 14.8. The molecule has 1 aliphatic heterocycles. The maximum absolute atomic E-state index is 12.6. The minimum atomic E-state index is -2.47. The molecule has 5 N–H and O–H groups in total. The Labute approximate surface area is 225 Å². The number of nitrogen functional groups attached to an aromatic ring is 1. The highest BCUT2D eigenvalue weighted by atomic mass is 28.4. The van der Waals surface area contributed by atoms with Gasteiger partial charge in [0, 0.05) is 48.2 Å². The molecule has 10 heteroatoms. The lowest BCUT2D eigenvalue weighted by molar-refractivity contribution is 0.0245. The molecule has 9 nitrogen and oxygen atoms in total. The molecule has 2 heterocycles. The zero-order chi connectivity index (χ0) is 27.3. The van der Waals surface area contributed by atoms with Crippen LogP contribution in [0.25, 0.3) is 0 Å². The minimum Gasteiger partial charge on any atom is -0.432 e. The minimum absolute atomic E-state index is 0.0395. The molecule has 0 aliphatic carbocycles. The van der Waals surface area contributed by atoms with Crippen LogP contribution in [0, 0.1) is 5.92 Å². The summed E-state index contributed by atoms with van der Waals surface area (Å²) in [5, 5.41) is 20.3. The molecule has 38 heavy (non-hydrogen) atoms. The third-order valence-corrected chi connectivity index (χ3v) is 9.92. The van der Waals surface area contributed by atoms with Crippen LogP contribution < -0.4 is 11.1 Å². The van der Waals surface area contributed by atoms with Gasteiger partial charge in [-0.05, 0) is 80.2 Å². The Hall–Kier alpha value is -3.05. The van der Waals surface area contributed by atoms with Gasteiger partial charge < -0.3 is 25.7 Å². The molecule has 0 unspecified atom stereocenters. The van der Waals surface area contributed by atoms with Gasteiger partial charge in [-0.25, -0.2) is 0 Å². The van der Waals surface area contributed by atoms with E-state index < -0.39 is 8.32 Å². The van der Waals surface area contributed by atoms with Crippen molar-refractivity contribution in [3.63, 3.8) is 0 Å². The van der Waals surface area contributed by atoms with E-state index in [9.17, 15) is 9.59 Å². The van der Waals surface area contributed by atoms with E-state index in [1.54, 1.807) is 28.9 Å². The largest absolute Gasteiger partial charge is 0.432 e. The van der Waals surface area contributed by atoms with Crippen LogP contribution in [0.4, 0.5) is 11.4 Å². The standard InChI is InChI=1S/C28H39N5O4Si/c1-19-25(37-26(27(19)38(2,3)36)13-15-33-18-24(14-16-34)31-32-33)12-7-20-5-4-6-23(17-20)30-28(35)21-8-10-22(29)11-9-21/h4-6,8-11,17-19,25-27,34,36H,7,12-16,29H2,1-3H3,(H,30,35)/t19-,25+,26-,27+/m0/s1. The summed E-state index contributed by atoms with van der Waals surface area (Å²) in [5.41, 5.74) is 9.66. The SMILES string of the molecule is C[C@@H]1[C@@H]([Si](C)(C)O)[C@H](CCn2cc(CCO)nn2)O[C@@H]1CCc1cccc(NC(=O)c2ccc(N)cc2)c1. The number of aliphatic hydroxyl groups excluding tert-OH is 1. The second kappa shape index (κ2) is 12.2. The highest BCUT2D eigenvalue weighted by molar-refractivity contribution is 6.71. The fourth-order valence-corrected chi connectivity index (χ4v) is 8.22. The van der Waals surface area contributed by atoms with Gasteiger partial charge in [0.1, 0.15) is 0 Å². The van der Waals surface area contributed by atoms with Crippen LogP contribution in [0.5, 0.6) is 0 Å². The summed E-state index contributed by atoms with van der Waals surface area (Å²) in [5.74, 6) is 0.0624. The smallest absolute Gasteiger partial charge is 0.255 e. The molecule has 1 saturated heterocycles. The number of aryl methyl sites for hydroxylation is 2. The lowest BCUT2D eigenvalue weighted by Gasteiger charge is -2.30. The van der Waals surface area contributed by atoms with E-state index in [0.717, 1.165) is 36.2 Å². The van der Waals surface area contributed by atoms with Crippen molar-refractivity contribution in [2.24, 2.45) is 5.92 Å². The van der Waals surface area contributed by atoms with Crippen molar-refractivity contribution in [1.82, 2.24) is 15.0 Å². The van der Waals surface area contributed by atoms with Gasteiger partial charge in [-0.15, -0.1) is 5.10 Å². The summed E-state index contributed by atoms with van der Waals surface area (Å²) < 4.78 is 8.36. The Kier molecular flexibility index (Phi) is 8.98. The number of nitrogens with two attached hydrogens (primary N) is 1. The monoisotopic (exact) mass is 537 g/mol. The number of ether oxygens (including phenoxy) is 1. The molecule has 3 aromatic rings. The van der Waals surface area contributed by atoms with Gasteiger partial charge in [0.15, 0.2) is 8.32 Å². The van der Waals surface area contributed by atoms with Crippen molar-refractivity contribution in [2.75, 3.05) is 17.7 Å². The van der Waals surface area contributed by atoms with Crippen molar-refractivity contribution < 1.29 is 19.4 Å². The van der Waals surface area contributed by atoms with Gasteiger partial charge in [-0.3, -0.25) is 9.48 Å². The Morgan fingerprint density at radius 2 is 1.89 bits per heavy atom. The van der Waals surface area contributed by atoms with Gasteiger partial charge in [0.25, 0.3) is 5.91 Å². The quantitative estimate of drug-likeness (QED) is 0.217. The van der Waals surface area contributed by atoms with Crippen LogP contribution in [0.1, 0.15) is 41.4 Å². The van der Waals surface area contributed by atoms with E-state index in [2.05, 4.69) is 28.6 Å². The zero-order valence-corrected chi connectivity index (χ0v) is 23.4. The summed E-state index contributed by atoms with van der Waals surface area (Å²) >= 11 is 0. The van der Waals surface area contributed by atoms with E-state index in [-0.39, 0.29) is 36.2 Å². The van der Waals surface area contributed by atoms with E-state index in [4.69, 9.17) is 15.6 Å². The van der Waals surface area contributed by atoms with Crippen molar-refractivity contribution in [3.8, 4) is 0 Å². The number of benzene rings is 2. The first-order valence-electron chi connectivity index (χ1n) is 13.3. The van der Waals surface area contributed by atoms with Gasteiger partial charge in [0.05, 0.1) is 17.9 Å². The number of carbonyl (C=O) groups excluding carboxylic acids is 1. The number of nitrogens with one attached hydrogen (secondary N) is 1. The number of anilines is 2.